The quantitative estimate of drug-likeness (QED) is 0.550. The van der Waals surface area contributed by atoms with Crippen molar-refractivity contribution < 1.29 is 9.53 Å². The maximum absolute atomic E-state index is 13.4. The van der Waals surface area contributed by atoms with Crippen molar-refractivity contribution in [3.63, 3.8) is 0 Å². The summed E-state index contributed by atoms with van der Waals surface area (Å²) >= 11 is 13.5. The number of carbonyl (C=O) groups is 1. The molecule has 0 unspecified atom stereocenters. The molecule has 3 rings (SSSR count). The first-order valence-corrected chi connectivity index (χ1v) is 9.96. The second-order valence-corrected chi connectivity index (χ2v) is 8.21. The highest BCUT2D eigenvalue weighted by Gasteiger charge is 2.35. The zero-order valence-corrected chi connectivity index (χ0v) is 17.6. The number of aromatic nitrogens is 2. The van der Waals surface area contributed by atoms with Gasteiger partial charge in [-0.25, -0.2) is 9.78 Å². The van der Waals surface area contributed by atoms with E-state index in [4.69, 9.17) is 27.9 Å². The molecule has 0 atom stereocenters. The summed E-state index contributed by atoms with van der Waals surface area (Å²) in [6, 6.07) is 5.20. The van der Waals surface area contributed by atoms with Crippen LogP contribution in [0.3, 0.4) is 0 Å². The third-order valence-corrected chi connectivity index (χ3v) is 5.95. The highest BCUT2D eigenvalue weighted by molar-refractivity contribution is 7.17. The molecule has 0 N–H and O–H groups in total. The van der Waals surface area contributed by atoms with Crippen LogP contribution in [0.2, 0.25) is 10.0 Å². The fourth-order valence-corrected chi connectivity index (χ4v) is 4.31. The van der Waals surface area contributed by atoms with E-state index in [1.807, 2.05) is 5.38 Å². The van der Waals surface area contributed by atoms with Crippen LogP contribution in [0.15, 0.2) is 28.4 Å². The lowest BCUT2D eigenvalue weighted by atomic mass is 10.0. The Labute approximate surface area is 170 Å². The van der Waals surface area contributed by atoms with Gasteiger partial charge in [0.1, 0.15) is 16.2 Å². The van der Waals surface area contributed by atoms with Crippen LogP contribution in [0.1, 0.15) is 26.6 Å². The van der Waals surface area contributed by atoms with Gasteiger partial charge in [0, 0.05) is 10.9 Å². The normalized spacial score (nSPS) is 11.8. The van der Waals surface area contributed by atoms with E-state index >= 15 is 0 Å². The number of rotatable bonds is 4. The fraction of sp³-hybridized carbons (Fsp3) is 0.316. The predicted octanol–water partition coefficient (Wildman–Crippen LogP) is 5.04. The summed E-state index contributed by atoms with van der Waals surface area (Å²) in [5, 5.41) is 3.15. The summed E-state index contributed by atoms with van der Waals surface area (Å²) in [4.78, 5) is 31.0. The minimum Gasteiger partial charge on any atom is -0.464 e. The summed E-state index contributed by atoms with van der Waals surface area (Å²) in [5.41, 5.74) is -0.00822. The topological polar surface area (TPSA) is 61.2 Å². The third kappa shape index (κ3) is 3.37. The first kappa shape index (κ1) is 19.9. The largest absolute Gasteiger partial charge is 0.464 e. The fourth-order valence-electron chi connectivity index (χ4n) is 3.03. The Bertz CT molecular complexity index is 1100. The molecule has 0 aliphatic carbocycles. The maximum atomic E-state index is 13.4. The summed E-state index contributed by atoms with van der Waals surface area (Å²) in [6.07, 6.45) is 0. The number of halogens is 2. The van der Waals surface area contributed by atoms with Crippen LogP contribution in [-0.2, 0) is 15.1 Å². The van der Waals surface area contributed by atoms with Crippen LogP contribution in [0, 0.1) is 6.92 Å². The first-order chi connectivity index (χ1) is 12.7. The van der Waals surface area contributed by atoms with Crippen molar-refractivity contribution in [2.75, 3.05) is 6.61 Å². The van der Waals surface area contributed by atoms with E-state index in [1.165, 1.54) is 15.9 Å². The number of nitrogens with zero attached hydrogens (tertiary/aromatic N) is 2. The van der Waals surface area contributed by atoms with Gasteiger partial charge in [0.2, 0.25) is 0 Å². The van der Waals surface area contributed by atoms with E-state index in [1.54, 1.807) is 45.9 Å². The van der Waals surface area contributed by atoms with Crippen molar-refractivity contribution in [3.8, 4) is 11.1 Å². The molecule has 142 valence electrons. The Balaban J connectivity index is 2.28. The van der Waals surface area contributed by atoms with Gasteiger partial charge in [-0.2, -0.15) is 0 Å². The molecule has 0 saturated heterocycles. The van der Waals surface area contributed by atoms with E-state index in [0.29, 0.717) is 31.6 Å². The number of aryl methyl sites for hydroxylation is 1. The smallest absolute Gasteiger partial charge is 0.331 e. The Kier molecular flexibility index (Phi) is 5.34. The highest BCUT2D eigenvalue weighted by atomic mass is 35.5. The molecule has 0 spiro atoms. The lowest BCUT2D eigenvalue weighted by Crippen LogP contribution is -2.45. The molecular weight excluding hydrogens is 407 g/mol. The lowest BCUT2D eigenvalue weighted by Gasteiger charge is -2.26. The monoisotopic (exact) mass is 424 g/mol. The van der Waals surface area contributed by atoms with Crippen LogP contribution >= 0.6 is 34.5 Å². The van der Waals surface area contributed by atoms with Crippen LogP contribution in [0.5, 0.6) is 0 Å². The number of esters is 1. The molecular formula is C19H18Cl2N2O3S. The minimum atomic E-state index is -1.19. The predicted molar refractivity (Wildman–Crippen MR) is 110 cm³/mol. The van der Waals surface area contributed by atoms with Gasteiger partial charge >= 0.3 is 5.97 Å². The SMILES string of the molecule is CCOC(=O)C(C)(C)n1c(C)nc2scc(-c3ccc(Cl)c(Cl)c3)c2c1=O. The molecule has 0 radical (unpaired) electrons. The average molecular weight is 425 g/mol. The van der Waals surface area contributed by atoms with Gasteiger partial charge < -0.3 is 4.74 Å². The van der Waals surface area contributed by atoms with Gasteiger partial charge in [-0.3, -0.25) is 9.36 Å². The van der Waals surface area contributed by atoms with Crippen molar-refractivity contribution in [1.29, 1.82) is 0 Å². The molecule has 8 heteroatoms. The molecule has 2 heterocycles. The van der Waals surface area contributed by atoms with Crippen LogP contribution < -0.4 is 5.56 Å². The van der Waals surface area contributed by atoms with E-state index in [-0.39, 0.29) is 12.2 Å². The molecule has 0 aliphatic rings. The van der Waals surface area contributed by atoms with Crippen molar-refractivity contribution in [1.82, 2.24) is 9.55 Å². The molecule has 27 heavy (non-hydrogen) atoms. The third-order valence-electron chi connectivity index (χ3n) is 4.34. The van der Waals surface area contributed by atoms with E-state index in [2.05, 4.69) is 4.98 Å². The van der Waals surface area contributed by atoms with Gasteiger partial charge in [-0.15, -0.1) is 11.3 Å². The van der Waals surface area contributed by atoms with Gasteiger partial charge in [0.25, 0.3) is 5.56 Å². The molecule has 1 aromatic carbocycles. The van der Waals surface area contributed by atoms with Gasteiger partial charge in [-0.1, -0.05) is 29.3 Å². The van der Waals surface area contributed by atoms with Crippen molar-refractivity contribution in [2.45, 2.75) is 33.2 Å². The zero-order valence-electron chi connectivity index (χ0n) is 15.3. The Hall–Kier alpha value is -1.89. The van der Waals surface area contributed by atoms with Crippen LogP contribution in [0.4, 0.5) is 0 Å². The number of thiophene rings is 1. The molecule has 0 aliphatic heterocycles. The summed E-state index contributed by atoms with van der Waals surface area (Å²) in [6.45, 7) is 6.97. The molecule has 0 amide bonds. The van der Waals surface area contributed by atoms with Gasteiger partial charge in [0.05, 0.1) is 22.0 Å². The Morgan fingerprint density at radius 3 is 2.63 bits per heavy atom. The molecule has 0 fully saturated rings. The second kappa shape index (κ2) is 7.26. The number of hydrogen-bond acceptors (Lipinski definition) is 5. The Morgan fingerprint density at radius 2 is 2.00 bits per heavy atom. The standard InChI is InChI=1S/C19H18Cl2N2O3S/c1-5-26-18(25)19(3,4)23-10(2)22-16-15(17(23)24)12(9-27-16)11-6-7-13(20)14(21)8-11/h6-9H,5H2,1-4H3. The van der Waals surface area contributed by atoms with Crippen LogP contribution in [-0.4, -0.2) is 22.1 Å². The van der Waals surface area contributed by atoms with E-state index in [9.17, 15) is 9.59 Å². The number of hydrogen-bond donors (Lipinski definition) is 0. The number of carbonyl (C=O) groups excluding carboxylic acids is 1. The second-order valence-electron chi connectivity index (χ2n) is 6.54. The molecule has 0 saturated carbocycles. The summed E-state index contributed by atoms with van der Waals surface area (Å²) in [7, 11) is 0. The summed E-state index contributed by atoms with van der Waals surface area (Å²) in [5.74, 6) is -0.0317. The molecule has 0 bridgehead atoms. The number of benzene rings is 1. The summed E-state index contributed by atoms with van der Waals surface area (Å²) < 4.78 is 6.54. The van der Waals surface area contributed by atoms with Crippen molar-refractivity contribution >= 4 is 50.7 Å². The number of fused-ring (bicyclic) bond motifs is 1. The molecule has 3 aromatic rings. The number of ether oxygens (including phenoxy) is 1. The van der Waals surface area contributed by atoms with Crippen molar-refractivity contribution in [3.05, 3.63) is 49.8 Å². The minimum absolute atomic E-state index is 0.235. The average Bonchev–Trinajstić information content (AvgIpc) is 3.01. The van der Waals surface area contributed by atoms with Gasteiger partial charge in [-0.05, 0) is 45.4 Å². The van der Waals surface area contributed by atoms with Gasteiger partial charge in [0.15, 0.2) is 0 Å². The van der Waals surface area contributed by atoms with Crippen LogP contribution in [0.25, 0.3) is 21.3 Å². The first-order valence-electron chi connectivity index (χ1n) is 8.32. The van der Waals surface area contributed by atoms with Crippen molar-refractivity contribution in [2.24, 2.45) is 0 Å². The zero-order chi connectivity index (χ0) is 19.9. The lowest BCUT2D eigenvalue weighted by molar-refractivity contribution is -0.152. The maximum Gasteiger partial charge on any atom is 0.331 e. The molecule has 5 nitrogen and oxygen atoms in total. The van der Waals surface area contributed by atoms with E-state index in [0.717, 1.165) is 5.56 Å². The highest BCUT2D eigenvalue weighted by Crippen LogP contribution is 2.35. The Morgan fingerprint density at radius 1 is 1.30 bits per heavy atom. The van der Waals surface area contributed by atoms with E-state index < -0.39 is 11.5 Å². The molecule has 2 aromatic heterocycles.